The molecule has 23 heavy (non-hydrogen) atoms. The number of likely N-dealkylation sites (tertiary alicyclic amines) is 1. The molecule has 0 radical (unpaired) electrons. The number of hydrogen-bond acceptors (Lipinski definition) is 6. The molecule has 1 aliphatic heterocycles. The molecule has 0 saturated carbocycles. The Balaban J connectivity index is 1.64. The van der Waals surface area contributed by atoms with Gasteiger partial charge >= 0.3 is 0 Å². The summed E-state index contributed by atoms with van der Waals surface area (Å²) in [5.74, 6) is 0.878. The Morgan fingerprint density at radius 3 is 3.00 bits per heavy atom. The number of carbonyl (C=O) groups is 1. The smallest absolute Gasteiger partial charge is 0.264 e. The van der Waals surface area contributed by atoms with Crippen LogP contribution < -0.4 is 9.47 Å². The Labute approximate surface area is 146 Å². The van der Waals surface area contributed by atoms with Crippen molar-refractivity contribution in [2.45, 2.75) is 18.9 Å². The average Bonchev–Trinajstić information content (AvgIpc) is 3.01. The van der Waals surface area contributed by atoms with E-state index in [1.165, 1.54) is 24.6 Å². The summed E-state index contributed by atoms with van der Waals surface area (Å²) in [6.45, 7) is 1.30. The van der Waals surface area contributed by atoms with Gasteiger partial charge in [-0.15, -0.1) is 11.3 Å². The van der Waals surface area contributed by atoms with Crippen LogP contribution in [0.25, 0.3) is 0 Å². The van der Waals surface area contributed by atoms with Crippen LogP contribution in [0.4, 0.5) is 0 Å². The van der Waals surface area contributed by atoms with Crippen molar-refractivity contribution in [1.82, 2.24) is 14.9 Å². The second-order valence-electron chi connectivity index (χ2n) is 5.16. The lowest BCUT2D eigenvalue weighted by Crippen LogP contribution is -2.44. The van der Waals surface area contributed by atoms with E-state index in [1.54, 1.807) is 6.20 Å². The molecule has 1 unspecified atom stereocenters. The van der Waals surface area contributed by atoms with E-state index in [0.29, 0.717) is 18.3 Å². The zero-order valence-corrected chi connectivity index (χ0v) is 15.0. The summed E-state index contributed by atoms with van der Waals surface area (Å²) in [4.78, 5) is 23.3. The zero-order valence-electron chi connectivity index (χ0n) is 12.6. The number of piperidine rings is 1. The van der Waals surface area contributed by atoms with E-state index in [9.17, 15) is 4.79 Å². The predicted molar refractivity (Wildman–Crippen MR) is 90.2 cm³/mol. The molecular weight excluding hydrogens is 382 g/mol. The fourth-order valence-electron chi connectivity index (χ4n) is 2.46. The van der Waals surface area contributed by atoms with Crippen molar-refractivity contribution in [3.8, 4) is 11.8 Å². The minimum atomic E-state index is -0.0856. The summed E-state index contributed by atoms with van der Waals surface area (Å²) in [6.07, 6.45) is 4.78. The Kier molecular flexibility index (Phi) is 5.12. The van der Waals surface area contributed by atoms with Crippen molar-refractivity contribution in [2.75, 3.05) is 20.2 Å². The van der Waals surface area contributed by atoms with E-state index in [4.69, 9.17) is 9.47 Å². The maximum atomic E-state index is 12.5. The number of rotatable bonds is 4. The van der Waals surface area contributed by atoms with Crippen LogP contribution in [0, 0.1) is 0 Å². The number of ether oxygens (including phenoxy) is 2. The summed E-state index contributed by atoms with van der Waals surface area (Å²) >= 11 is 4.83. The molecular formula is C15H16BrN3O3S. The van der Waals surface area contributed by atoms with Crippen molar-refractivity contribution in [3.63, 3.8) is 0 Å². The molecule has 0 N–H and O–H groups in total. The van der Waals surface area contributed by atoms with Crippen molar-refractivity contribution >= 4 is 33.2 Å². The van der Waals surface area contributed by atoms with Gasteiger partial charge in [0, 0.05) is 16.4 Å². The van der Waals surface area contributed by atoms with Crippen molar-refractivity contribution < 1.29 is 14.3 Å². The van der Waals surface area contributed by atoms with Crippen LogP contribution in [0.3, 0.4) is 0 Å². The highest BCUT2D eigenvalue weighted by Gasteiger charge is 2.26. The van der Waals surface area contributed by atoms with Gasteiger partial charge in [-0.25, -0.2) is 0 Å². The zero-order chi connectivity index (χ0) is 16.2. The van der Waals surface area contributed by atoms with E-state index in [-0.39, 0.29) is 12.0 Å². The number of methoxy groups -OCH3 is 1. The molecule has 6 nitrogen and oxygen atoms in total. The normalized spacial score (nSPS) is 17.8. The Bertz CT molecular complexity index is 694. The van der Waals surface area contributed by atoms with Gasteiger partial charge in [0.1, 0.15) is 6.10 Å². The molecule has 2 aromatic rings. The molecule has 0 aromatic carbocycles. The Morgan fingerprint density at radius 2 is 2.26 bits per heavy atom. The number of halogens is 1. The standard InChI is InChI=1S/C15H16BrN3O3S/c1-21-13-6-17-7-14(18-13)22-11-3-2-4-19(8-11)15(20)12-5-10(16)9-23-12/h5-7,9,11H,2-4,8H2,1H3. The summed E-state index contributed by atoms with van der Waals surface area (Å²) < 4.78 is 11.8. The highest BCUT2D eigenvalue weighted by atomic mass is 79.9. The van der Waals surface area contributed by atoms with Crippen LogP contribution in [0.5, 0.6) is 11.8 Å². The van der Waals surface area contributed by atoms with Gasteiger partial charge in [0.15, 0.2) is 0 Å². The number of amides is 1. The summed E-state index contributed by atoms with van der Waals surface area (Å²) in [6, 6.07) is 1.85. The van der Waals surface area contributed by atoms with E-state index >= 15 is 0 Å². The number of nitrogens with zero attached hydrogens (tertiary/aromatic N) is 3. The third kappa shape index (κ3) is 4.00. The van der Waals surface area contributed by atoms with Gasteiger partial charge in [-0.05, 0) is 34.8 Å². The second-order valence-corrected chi connectivity index (χ2v) is 6.99. The monoisotopic (exact) mass is 397 g/mol. The lowest BCUT2D eigenvalue weighted by Gasteiger charge is -2.32. The molecule has 8 heteroatoms. The first-order valence-corrected chi connectivity index (χ1v) is 8.89. The maximum Gasteiger partial charge on any atom is 0.264 e. The molecule has 3 heterocycles. The predicted octanol–water partition coefficient (Wildman–Crippen LogP) is 2.99. The van der Waals surface area contributed by atoms with Crippen LogP contribution in [-0.4, -0.2) is 47.1 Å². The average molecular weight is 398 g/mol. The van der Waals surface area contributed by atoms with Gasteiger partial charge in [-0.2, -0.15) is 4.98 Å². The summed E-state index contributed by atoms with van der Waals surface area (Å²) in [7, 11) is 1.54. The first-order valence-electron chi connectivity index (χ1n) is 7.21. The number of carbonyl (C=O) groups excluding carboxylic acids is 1. The van der Waals surface area contributed by atoms with Crippen LogP contribution >= 0.6 is 27.3 Å². The first kappa shape index (κ1) is 16.2. The molecule has 0 spiro atoms. The van der Waals surface area contributed by atoms with Crippen molar-refractivity contribution in [1.29, 1.82) is 0 Å². The lowest BCUT2D eigenvalue weighted by molar-refractivity contribution is 0.0529. The quantitative estimate of drug-likeness (QED) is 0.793. The number of thiophene rings is 1. The fraction of sp³-hybridized carbons (Fsp3) is 0.400. The SMILES string of the molecule is COc1cncc(OC2CCCN(C(=O)c3cc(Br)cs3)C2)n1. The van der Waals surface area contributed by atoms with Crippen LogP contribution in [0.1, 0.15) is 22.5 Å². The first-order chi connectivity index (χ1) is 11.2. The highest BCUT2D eigenvalue weighted by Crippen LogP contribution is 2.24. The topological polar surface area (TPSA) is 64.6 Å². The number of hydrogen-bond donors (Lipinski definition) is 0. The van der Waals surface area contributed by atoms with Gasteiger partial charge < -0.3 is 14.4 Å². The maximum absolute atomic E-state index is 12.5. The third-order valence-corrected chi connectivity index (χ3v) is 5.21. The Morgan fingerprint density at radius 1 is 1.43 bits per heavy atom. The molecule has 1 saturated heterocycles. The van der Waals surface area contributed by atoms with E-state index in [2.05, 4.69) is 25.9 Å². The van der Waals surface area contributed by atoms with E-state index < -0.39 is 0 Å². The molecule has 1 fully saturated rings. The minimum absolute atomic E-state index is 0.0470. The van der Waals surface area contributed by atoms with Gasteiger partial charge in [-0.3, -0.25) is 9.78 Å². The highest BCUT2D eigenvalue weighted by molar-refractivity contribution is 9.10. The molecule has 122 valence electrons. The molecule has 0 aliphatic carbocycles. The second kappa shape index (κ2) is 7.27. The van der Waals surface area contributed by atoms with E-state index in [1.807, 2.05) is 16.3 Å². The Hall–Kier alpha value is -1.67. The number of aromatic nitrogens is 2. The molecule has 2 aromatic heterocycles. The summed E-state index contributed by atoms with van der Waals surface area (Å²) in [5.41, 5.74) is 0. The van der Waals surface area contributed by atoms with Crippen LogP contribution in [-0.2, 0) is 0 Å². The van der Waals surface area contributed by atoms with Crippen LogP contribution in [0.2, 0.25) is 0 Å². The van der Waals surface area contributed by atoms with Crippen molar-refractivity contribution in [3.05, 3.63) is 33.2 Å². The molecule has 1 aliphatic rings. The molecule has 1 atom stereocenters. The third-order valence-electron chi connectivity index (χ3n) is 3.53. The largest absolute Gasteiger partial charge is 0.480 e. The lowest BCUT2D eigenvalue weighted by atomic mass is 10.1. The summed E-state index contributed by atoms with van der Waals surface area (Å²) in [5, 5.41) is 1.91. The van der Waals surface area contributed by atoms with Gasteiger partial charge in [0.2, 0.25) is 11.8 Å². The van der Waals surface area contributed by atoms with Crippen molar-refractivity contribution in [2.24, 2.45) is 0 Å². The molecule has 1 amide bonds. The van der Waals surface area contributed by atoms with Gasteiger partial charge in [-0.1, -0.05) is 0 Å². The molecule has 0 bridgehead atoms. The fourth-order valence-corrected chi connectivity index (χ4v) is 3.85. The van der Waals surface area contributed by atoms with Crippen LogP contribution in [0.15, 0.2) is 28.3 Å². The van der Waals surface area contributed by atoms with Gasteiger partial charge in [0.25, 0.3) is 5.91 Å². The van der Waals surface area contributed by atoms with E-state index in [0.717, 1.165) is 28.7 Å². The molecule has 3 rings (SSSR count). The van der Waals surface area contributed by atoms with Gasteiger partial charge in [0.05, 0.1) is 30.9 Å². The minimum Gasteiger partial charge on any atom is -0.480 e.